The van der Waals surface area contributed by atoms with Gasteiger partial charge in [0.25, 0.3) is 0 Å². The van der Waals surface area contributed by atoms with Gasteiger partial charge in [0.05, 0.1) is 16.8 Å². The summed E-state index contributed by atoms with van der Waals surface area (Å²) >= 11 is 6.65. The van der Waals surface area contributed by atoms with Crippen molar-refractivity contribution in [2.75, 3.05) is 44.2 Å². The number of hydrogen-bond donors (Lipinski definition) is 1. The van der Waals surface area contributed by atoms with E-state index in [9.17, 15) is 9.90 Å². The Kier molecular flexibility index (Phi) is 6.94. The van der Waals surface area contributed by atoms with E-state index in [2.05, 4.69) is 15.9 Å². The lowest BCUT2D eigenvalue weighted by Crippen LogP contribution is -2.46. The smallest absolute Gasteiger partial charge is 0.410 e. The third-order valence-corrected chi connectivity index (χ3v) is 7.54. The van der Waals surface area contributed by atoms with Gasteiger partial charge in [0.15, 0.2) is 0 Å². The van der Waals surface area contributed by atoms with Crippen LogP contribution in [-0.4, -0.2) is 72.0 Å². The number of hydrogen-bond acceptors (Lipinski definition) is 5. The zero-order valence-corrected chi connectivity index (χ0v) is 20.5. The molecule has 1 aromatic rings. The quantitative estimate of drug-likeness (QED) is 0.714. The van der Waals surface area contributed by atoms with Crippen LogP contribution in [0.25, 0.3) is 0 Å². The Morgan fingerprint density at radius 2 is 1.78 bits per heavy atom. The lowest BCUT2D eigenvalue weighted by molar-refractivity contribution is 0.0109. The summed E-state index contributed by atoms with van der Waals surface area (Å²) in [5.74, 6) is 0. The molecule has 0 bridgehead atoms. The highest BCUT2D eigenvalue weighted by Crippen LogP contribution is 2.42. The highest BCUT2D eigenvalue weighted by atomic mass is 35.5. The molecule has 3 aliphatic rings. The van der Waals surface area contributed by atoms with E-state index < -0.39 is 5.60 Å². The second kappa shape index (κ2) is 9.40. The van der Waals surface area contributed by atoms with E-state index in [1.807, 2.05) is 37.8 Å². The van der Waals surface area contributed by atoms with E-state index in [0.29, 0.717) is 5.41 Å². The average molecular weight is 464 g/mol. The molecule has 0 aromatic heterocycles. The third kappa shape index (κ3) is 5.52. The molecule has 4 rings (SSSR count). The van der Waals surface area contributed by atoms with Gasteiger partial charge in [0, 0.05) is 39.3 Å². The molecule has 3 aliphatic heterocycles. The molecule has 1 spiro atoms. The van der Waals surface area contributed by atoms with Gasteiger partial charge >= 0.3 is 6.09 Å². The first kappa shape index (κ1) is 23.7. The maximum atomic E-state index is 12.4. The number of nitrogens with zero attached hydrogens (tertiary/aromatic N) is 3. The van der Waals surface area contributed by atoms with Gasteiger partial charge < -0.3 is 19.6 Å². The number of anilines is 1. The fourth-order valence-corrected chi connectivity index (χ4v) is 5.75. The summed E-state index contributed by atoms with van der Waals surface area (Å²) in [4.78, 5) is 19.2. The van der Waals surface area contributed by atoms with E-state index in [-0.39, 0.29) is 12.2 Å². The molecule has 0 atom stereocenters. The van der Waals surface area contributed by atoms with Crippen LogP contribution in [-0.2, 0) is 11.3 Å². The fourth-order valence-electron chi connectivity index (χ4n) is 5.43. The van der Waals surface area contributed by atoms with Crippen LogP contribution in [0.3, 0.4) is 0 Å². The number of amides is 1. The second-order valence-corrected chi connectivity index (χ2v) is 11.3. The van der Waals surface area contributed by atoms with Gasteiger partial charge in [-0.1, -0.05) is 23.7 Å². The van der Waals surface area contributed by atoms with Crippen LogP contribution in [0.1, 0.15) is 58.4 Å². The molecule has 3 saturated heterocycles. The maximum absolute atomic E-state index is 12.4. The maximum Gasteiger partial charge on any atom is 0.410 e. The number of halogens is 1. The van der Waals surface area contributed by atoms with Crippen molar-refractivity contribution in [3.8, 4) is 0 Å². The molecule has 3 fully saturated rings. The second-order valence-electron chi connectivity index (χ2n) is 10.9. The molecule has 0 saturated carbocycles. The Hall–Kier alpha value is -1.50. The average Bonchev–Trinajstić information content (AvgIpc) is 3.10. The molecule has 6 nitrogen and oxygen atoms in total. The molecular formula is C25H38ClN3O3. The predicted octanol–water partition coefficient (Wildman–Crippen LogP) is 4.52. The largest absolute Gasteiger partial charge is 0.444 e. The van der Waals surface area contributed by atoms with Crippen LogP contribution in [0, 0.1) is 5.41 Å². The minimum atomic E-state index is -0.447. The molecular weight excluding hydrogens is 426 g/mol. The summed E-state index contributed by atoms with van der Waals surface area (Å²) in [5.41, 5.74) is 2.27. The first-order valence-corrected chi connectivity index (χ1v) is 12.4. The van der Waals surface area contributed by atoms with E-state index in [1.54, 1.807) is 0 Å². The lowest BCUT2D eigenvalue weighted by Gasteiger charge is -2.39. The van der Waals surface area contributed by atoms with Crippen molar-refractivity contribution < 1.29 is 14.6 Å². The van der Waals surface area contributed by atoms with Crippen LogP contribution in [0.2, 0.25) is 5.02 Å². The summed E-state index contributed by atoms with van der Waals surface area (Å²) in [7, 11) is 0. The van der Waals surface area contributed by atoms with Gasteiger partial charge in [0.1, 0.15) is 5.60 Å². The van der Waals surface area contributed by atoms with Crippen LogP contribution < -0.4 is 4.90 Å². The monoisotopic (exact) mass is 463 g/mol. The van der Waals surface area contributed by atoms with Gasteiger partial charge in [-0.15, -0.1) is 0 Å². The Labute approximate surface area is 197 Å². The standard InChI is InChI=1S/C25H38ClN3O3/c1-24(2,3)32-23(31)29-15-10-25(11-16-29)9-14-27(18-25)17-19-5-4-6-21(26)22(19)28-12-7-20(30)8-13-28/h4-6,20,30H,7-18H2,1-3H3. The van der Waals surface area contributed by atoms with Crippen molar-refractivity contribution in [1.82, 2.24) is 9.80 Å². The highest BCUT2D eigenvalue weighted by Gasteiger charge is 2.42. The van der Waals surface area contributed by atoms with Crippen molar-refractivity contribution >= 4 is 23.4 Å². The fraction of sp³-hybridized carbons (Fsp3) is 0.720. The molecule has 1 N–H and O–H groups in total. The topological polar surface area (TPSA) is 56.2 Å². The zero-order valence-electron chi connectivity index (χ0n) is 19.8. The molecule has 3 heterocycles. The van der Waals surface area contributed by atoms with Gasteiger partial charge in [-0.05, 0) is 76.5 Å². The van der Waals surface area contributed by atoms with E-state index >= 15 is 0 Å². The predicted molar refractivity (Wildman–Crippen MR) is 128 cm³/mol. The van der Waals surface area contributed by atoms with Gasteiger partial charge in [-0.2, -0.15) is 0 Å². The number of carbonyl (C=O) groups is 1. The number of aliphatic hydroxyl groups excluding tert-OH is 1. The Morgan fingerprint density at radius 1 is 1.12 bits per heavy atom. The van der Waals surface area contributed by atoms with Crippen molar-refractivity contribution in [2.45, 2.75) is 71.1 Å². The molecule has 178 valence electrons. The van der Waals surface area contributed by atoms with Crippen LogP contribution in [0.4, 0.5) is 10.5 Å². The zero-order chi connectivity index (χ0) is 22.9. The Morgan fingerprint density at radius 3 is 2.44 bits per heavy atom. The minimum Gasteiger partial charge on any atom is -0.444 e. The minimum absolute atomic E-state index is 0.183. The normalized spacial score (nSPS) is 22.5. The highest BCUT2D eigenvalue weighted by molar-refractivity contribution is 6.33. The number of piperidine rings is 2. The summed E-state index contributed by atoms with van der Waals surface area (Å²) < 4.78 is 5.56. The molecule has 0 unspecified atom stereocenters. The van der Waals surface area contributed by atoms with E-state index in [4.69, 9.17) is 16.3 Å². The number of aliphatic hydroxyl groups is 1. The van der Waals surface area contributed by atoms with Crippen LogP contribution in [0.5, 0.6) is 0 Å². The Balaban J connectivity index is 1.36. The number of para-hydroxylation sites is 1. The molecule has 1 amide bonds. The van der Waals surface area contributed by atoms with Crippen LogP contribution in [0.15, 0.2) is 18.2 Å². The van der Waals surface area contributed by atoms with Gasteiger partial charge in [-0.3, -0.25) is 4.90 Å². The van der Waals surface area contributed by atoms with Gasteiger partial charge in [0.2, 0.25) is 0 Å². The molecule has 1 aromatic carbocycles. The number of likely N-dealkylation sites (tertiary alicyclic amines) is 2. The lowest BCUT2D eigenvalue weighted by atomic mass is 9.78. The van der Waals surface area contributed by atoms with Crippen molar-refractivity contribution in [3.63, 3.8) is 0 Å². The van der Waals surface area contributed by atoms with Crippen molar-refractivity contribution in [3.05, 3.63) is 28.8 Å². The van der Waals surface area contributed by atoms with E-state index in [0.717, 1.165) is 82.2 Å². The summed E-state index contributed by atoms with van der Waals surface area (Å²) in [5, 5.41) is 10.7. The van der Waals surface area contributed by atoms with Gasteiger partial charge in [-0.25, -0.2) is 4.79 Å². The summed E-state index contributed by atoms with van der Waals surface area (Å²) in [6, 6.07) is 6.22. The first-order chi connectivity index (χ1) is 15.1. The molecule has 0 aliphatic carbocycles. The number of benzene rings is 1. The number of rotatable bonds is 3. The summed E-state index contributed by atoms with van der Waals surface area (Å²) in [6.45, 7) is 12.1. The Bertz CT molecular complexity index is 809. The van der Waals surface area contributed by atoms with E-state index in [1.165, 1.54) is 12.0 Å². The first-order valence-electron chi connectivity index (χ1n) is 12.0. The number of carbonyl (C=O) groups excluding carboxylic acids is 1. The molecule has 0 radical (unpaired) electrons. The van der Waals surface area contributed by atoms with Crippen LogP contribution >= 0.6 is 11.6 Å². The summed E-state index contributed by atoms with van der Waals surface area (Å²) in [6.07, 6.45) is 4.47. The molecule has 7 heteroatoms. The number of ether oxygens (including phenoxy) is 1. The van der Waals surface area contributed by atoms with Crippen molar-refractivity contribution in [1.29, 1.82) is 0 Å². The molecule has 32 heavy (non-hydrogen) atoms. The SMILES string of the molecule is CC(C)(C)OC(=O)N1CCC2(CCN(Cc3cccc(Cl)c3N3CCC(O)CC3)C2)CC1. The van der Waals surface area contributed by atoms with Crippen molar-refractivity contribution in [2.24, 2.45) is 5.41 Å². The third-order valence-electron chi connectivity index (χ3n) is 7.24.